The van der Waals surface area contributed by atoms with Crippen molar-refractivity contribution in [3.05, 3.63) is 94.2 Å². The molecule has 0 aliphatic carbocycles. The van der Waals surface area contributed by atoms with Crippen molar-refractivity contribution >= 4 is 22.6 Å². The second kappa shape index (κ2) is 9.81. The molecule has 1 saturated heterocycles. The number of rotatable bonds is 7. The van der Waals surface area contributed by atoms with Crippen LogP contribution < -0.4 is 15.1 Å². The summed E-state index contributed by atoms with van der Waals surface area (Å²) in [5, 5.41) is 9.61. The molecule has 8 heteroatoms. The van der Waals surface area contributed by atoms with Gasteiger partial charge in [0, 0.05) is 35.6 Å². The number of carboxylic acids is 1. The second-order valence-electron chi connectivity index (χ2n) is 8.83. The highest BCUT2D eigenvalue weighted by Gasteiger charge is 2.29. The number of aromatic carboxylic acids is 1. The Hall–Kier alpha value is -4.20. The molecule has 1 aliphatic heterocycles. The molecule has 36 heavy (non-hydrogen) atoms. The van der Waals surface area contributed by atoms with Gasteiger partial charge in [0.15, 0.2) is 0 Å². The minimum Gasteiger partial charge on any atom is -0.477 e. The molecule has 2 aromatic heterocycles. The van der Waals surface area contributed by atoms with E-state index in [4.69, 9.17) is 4.74 Å². The molecule has 2 aromatic carbocycles. The van der Waals surface area contributed by atoms with E-state index in [9.17, 15) is 14.7 Å². The van der Waals surface area contributed by atoms with Gasteiger partial charge in [0.05, 0.1) is 17.2 Å². The van der Waals surface area contributed by atoms with Gasteiger partial charge in [0.25, 0.3) is 0 Å². The number of aryl methyl sites for hydroxylation is 1. The number of halogens is 1. The molecule has 1 N–H and O–H groups in total. The topological polar surface area (TPSA) is 84.7 Å². The zero-order chi connectivity index (χ0) is 25.2. The number of fused-ring (bicyclic) bond motifs is 1. The zero-order valence-electron chi connectivity index (χ0n) is 19.9. The van der Waals surface area contributed by atoms with Crippen LogP contribution in [0.2, 0.25) is 0 Å². The van der Waals surface area contributed by atoms with E-state index in [2.05, 4.69) is 4.98 Å². The number of hydrogen-bond donors (Lipinski definition) is 1. The summed E-state index contributed by atoms with van der Waals surface area (Å²) in [6.07, 6.45) is 5.50. The molecule has 0 spiro atoms. The number of carboxylic acid groups (broad SMARTS) is 1. The van der Waals surface area contributed by atoms with Gasteiger partial charge in [-0.3, -0.25) is 4.79 Å². The lowest BCUT2D eigenvalue weighted by molar-refractivity contribution is 0.0695. The number of para-hydroxylation sites is 1. The van der Waals surface area contributed by atoms with Gasteiger partial charge in [0.2, 0.25) is 11.3 Å². The van der Waals surface area contributed by atoms with Gasteiger partial charge in [-0.1, -0.05) is 31.2 Å². The summed E-state index contributed by atoms with van der Waals surface area (Å²) in [6, 6.07) is 15.7. The molecule has 0 amide bonds. The molecule has 0 bridgehead atoms. The van der Waals surface area contributed by atoms with Gasteiger partial charge in [0.1, 0.15) is 18.0 Å². The smallest absolute Gasteiger partial charge is 0.341 e. The van der Waals surface area contributed by atoms with Crippen LogP contribution in [-0.2, 0) is 6.42 Å². The molecule has 4 aromatic rings. The molecule has 1 fully saturated rings. The van der Waals surface area contributed by atoms with E-state index in [-0.39, 0.29) is 11.4 Å². The zero-order valence-corrected chi connectivity index (χ0v) is 19.9. The van der Waals surface area contributed by atoms with Crippen LogP contribution in [0.15, 0.2) is 71.8 Å². The van der Waals surface area contributed by atoms with Crippen LogP contribution >= 0.6 is 0 Å². The fourth-order valence-electron chi connectivity index (χ4n) is 4.83. The lowest BCUT2D eigenvalue weighted by Gasteiger charge is -2.28. The standard InChI is InChI=1S/C28H26FN3O4/c1-2-18-8-6-12-30-27(18)36-17-20-11-7-13-31(20)25-15-24-21(14-23(25)29)26(33)22(28(34)35)16-32(24)19-9-4-3-5-10-19/h3-6,8-10,12,14-16,20H,2,7,11,13,17H2,1H3,(H,34,35). The normalized spacial score (nSPS) is 15.4. The highest BCUT2D eigenvalue weighted by atomic mass is 19.1. The van der Waals surface area contributed by atoms with Crippen molar-refractivity contribution < 1.29 is 19.0 Å². The first-order chi connectivity index (χ1) is 17.5. The summed E-state index contributed by atoms with van der Waals surface area (Å²) in [5.74, 6) is -1.33. The summed E-state index contributed by atoms with van der Waals surface area (Å²) in [4.78, 5) is 31.0. The van der Waals surface area contributed by atoms with Crippen molar-refractivity contribution in [2.45, 2.75) is 32.2 Å². The lowest BCUT2D eigenvalue weighted by atomic mass is 10.1. The summed E-state index contributed by atoms with van der Waals surface area (Å²) in [7, 11) is 0. The van der Waals surface area contributed by atoms with Crippen LogP contribution in [0.1, 0.15) is 35.7 Å². The Morgan fingerprint density at radius 1 is 1.19 bits per heavy atom. The Labute approximate surface area is 207 Å². The molecule has 3 heterocycles. The van der Waals surface area contributed by atoms with Crippen LogP contribution in [0.3, 0.4) is 0 Å². The minimum atomic E-state index is -1.35. The van der Waals surface area contributed by atoms with Crippen LogP contribution in [-0.4, -0.2) is 39.8 Å². The van der Waals surface area contributed by atoms with Crippen molar-refractivity contribution in [2.75, 3.05) is 18.1 Å². The summed E-state index contributed by atoms with van der Waals surface area (Å²) in [5.41, 5.74) is 1.37. The summed E-state index contributed by atoms with van der Waals surface area (Å²) < 4.78 is 23.2. The first kappa shape index (κ1) is 23.5. The molecule has 7 nitrogen and oxygen atoms in total. The van der Waals surface area contributed by atoms with Crippen molar-refractivity contribution in [3.63, 3.8) is 0 Å². The number of carbonyl (C=O) groups is 1. The van der Waals surface area contributed by atoms with Gasteiger partial charge >= 0.3 is 5.97 Å². The first-order valence-electron chi connectivity index (χ1n) is 12.0. The maximum atomic E-state index is 15.5. The maximum absolute atomic E-state index is 15.5. The van der Waals surface area contributed by atoms with Crippen molar-refractivity contribution in [3.8, 4) is 11.6 Å². The molecule has 0 radical (unpaired) electrons. The molecule has 0 saturated carbocycles. The molecule has 1 unspecified atom stereocenters. The van der Waals surface area contributed by atoms with E-state index in [0.29, 0.717) is 35.9 Å². The molecule has 5 rings (SSSR count). The van der Waals surface area contributed by atoms with Gasteiger partial charge < -0.3 is 19.3 Å². The van der Waals surface area contributed by atoms with Crippen LogP contribution in [0.4, 0.5) is 10.1 Å². The number of nitrogens with zero attached hydrogens (tertiary/aromatic N) is 3. The summed E-state index contributed by atoms with van der Waals surface area (Å²) in [6.45, 7) is 3.03. The average Bonchev–Trinajstić information content (AvgIpc) is 3.36. The van der Waals surface area contributed by atoms with Gasteiger partial charge in [-0.15, -0.1) is 0 Å². The third-order valence-corrected chi connectivity index (χ3v) is 6.67. The Morgan fingerprint density at radius 3 is 2.75 bits per heavy atom. The number of anilines is 1. The van der Waals surface area contributed by atoms with E-state index in [1.54, 1.807) is 16.8 Å². The summed E-state index contributed by atoms with van der Waals surface area (Å²) >= 11 is 0. The number of aromatic nitrogens is 2. The highest BCUT2D eigenvalue weighted by Crippen LogP contribution is 2.32. The van der Waals surface area contributed by atoms with Crippen molar-refractivity contribution in [2.24, 2.45) is 0 Å². The predicted molar refractivity (Wildman–Crippen MR) is 136 cm³/mol. The van der Waals surface area contributed by atoms with E-state index in [1.165, 1.54) is 6.20 Å². The number of pyridine rings is 2. The third kappa shape index (κ3) is 4.30. The largest absolute Gasteiger partial charge is 0.477 e. The maximum Gasteiger partial charge on any atom is 0.341 e. The number of ether oxygens (including phenoxy) is 1. The Bertz CT molecular complexity index is 1490. The number of benzene rings is 2. The fraction of sp³-hybridized carbons (Fsp3) is 0.250. The molecule has 184 valence electrons. The van der Waals surface area contributed by atoms with Gasteiger partial charge in [-0.05, 0) is 49.6 Å². The highest BCUT2D eigenvalue weighted by molar-refractivity contribution is 5.94. The molecule has 1 atom stereocenters. The Kier molecular flexibility index (Phi) is 6.41. The quantitative estimate of drug-likeness (QED) is 0.402. The van der Waals surface area contributed by atoms with E-state index < -0.39 is 22.8 Å². The van der Waals surface area contributed by atoms with Gasteiger partial charge in [-0.25, -0.2) is 14.2 Å². The lowest BCUT2D eigenvalue weighted by Crippen LogP contribution is -2.35. The van der Waals surface area contributed by atoms with E-state index >= 15 is 4.39 Å². The Balaban J connectivity index is 1.57. The SMILES string of the molecule is CCc1cccnc1OCC1CCCN1c1cc2c(cc1F)c(=O)c(C(=O)O)cn2-c1ccccc1. The van der Waals surface area contributed by atoms with E-state index in [1.807, 2.05) is 54.3 Å². The van der Waals surface area contributed by atoms with E-state index in [0.717, 1.165) is 30.9 Å². The van der Waals surface area contributed by atoms with Crippen LogP contribution in [0.5, 0.6) is 5.88 Å². The van der Waals surface area contributed by atoms with Crippen LogP contribution in [0.25, 0.3) is 16.6 Å². The third-order valence-electron chi connectivity index (χ3n) is 6.67. The number of hydrogen-bond acceptors (Lipinski definition) is 5. The first-order valence-corrected chi connectivity index (χ1v) is 12.0. The molecule has 1 aliphatic rings. The second-order valence-corrected chi connectivity index (χ2v) is 8.83. The molecular weight excluding hydrogens is 461 g/mol. The Morgan fingerprint density at radius 2 is 2.00 bits per heavy atom. The van der Waals surface area contributed by atoms with Gasteiger partial charge in [-0.2, -0.15) is 0 Å². The van der Waals surface area contributed by atoms with Crippen LogP contribution in [0, 0.1) is 5.82 Å². The predicted octanol–water partition coefficient (Wildman–Crippen LogP) is 4.83. The fourth-order valence-corrected chi connectivity index (χ4v) is 4.83. The monoisotopic (exact) mass is 487 g/mol. The van der Waals surface area contributed by atoms with Crippen molar-refractivity contribution in [1.82, 2.24) is 9.55 Å². The molecular formula is C28H26FN3O4. The van der Waals surface area contributed by atoms with Crippen molar-refractivity contribution in [1.29, 1.82) is 0 Å². The average molecular weight is 488 g/mol. The minimum absolute atomic E-state index is 0.0214.